The molecule has 0 amide bonds. The third-order valence-electron chi connectivity index (χ3n) is 5.60. The molecule has 2 aromatic heterocycles. The first kappa shape index (κ1) is 17.0. The van der Waals surface area contributed by atoms with E-state index in [-0.39, 0.29) is 0 Å². The number of benzene rings is 2. The summed E-state index contributed by atoms with van der Waals surface area (Å²) in [5.74, 6) is 0. The third kappa shape index (κ3) is 2.99. The fourth-order valence-electron chi connectivity index (χ4n) is 4.27. The zero-order valence-corrected chi connectivity index (χ0v) is 17.1. The minimum atomic E-state index is 0.523. The monoisotopic (exact) mass is 384 g/mol. The lowest BCUT2D eigenvalue weighted by Gasteiger charge is -2.11. The van der Waals surface area contributed by atoms with Gasteiger partial charge in [0.15, 0.2) is 0 Å². The molecule has 0 unspecified atom stereocenters. The molecule has 0 saturated heterocycles. The van der Waals surface area contributed by atoms with Crippen LogP contribution >= 0.6 is 22.7 Å². The summed E-state index contributed by atoms with van der Waals surface area (Å²) < 4.78 is 0. The summed E-state index contributed by atoms with van der Waals surface area (Å²) in [6.45, 7) is 2.82. The van der Waals surface area contributed by atoms with Crippen LogP contribution in [0.1, 0.15) is 19.8 Å². The van der Waals surface area contributed by atoms with Crippen LogP contribution in [-0.4, -0.2) is 6.71 Å². The molecule has 4 aromatic rings. The van der Waals surface area contributed by atoms with Crippen molar-refractivity contribution in [2.24, 2.45) is 0 Å². The number of unbranched alkanes of at least 4 members (excludes halogenated alkanes) is 1. The number of hydrogen-bond acceptors (Lipinski definition) is 2. The molecule has 3 heterocycles. The van der Waals surface area contributed by atoms with Crippen molar-refractivity contribution >= 4 is 40.3 Å². The molecule has 1 aliphatic rings. The average Bonchev–Trinajstić information content (AvgIpc) is 3.46. The lowest BCUT2D eigenvalue weighted by atomic mass is 9.40. The minimum absolute atomic E-state index is 0.523. The van der Waals surface area contributed by atoms with Gasteiger partial charge in [-0.25, -0.2) is 0 Å². The number of hydrogen-bond donors (Lipinski definition) is 0. The fraction of sp³-hybridized carbons (Fsp3) is 0.167. The number of thiophene rings is 2. The minimum Gasteiger partial charge on any atom is -0.144 e. The summed E-state index contributed by atoms with van der Waals surface area (Å²) in [5, 5.41) is 4.33. The molecule has 27 heavy (non-hydrogen) atoms. The van der Waals surface area contributed by atoms with Crippen molar-refractivity contribution < 1.29 is 0 Å². The van der Waals surface area contributed by atoms with Gasteiger partial charge >= 0.3 is 0 Å². The van der Waals surface area contributed by atoms with Crippen LogP contribution in [0.5, 0.6) is 0 Å². The average molecular weight is 384 g/mol. The van der Waals surface area contributed by atoms with Gasteiger partial charge in [0.2, 0.25) is 6.71 Å². The smallest absolute Gasteiger partial charge is 0.144 e. The topological polar surface area (TPSA) is 0 Å². The van der Waals surface area contributed by atoms with Crippen molar-refractivity contribution in [1.82, 2.24) is 0 Å². The second-order valence-electron chi connectivity index (χ2n) is 7.25. The maximum atomic E-state index is 2.45. The Hall–Kier alpha value is -2.10. The molecule has 0 atom stereocenters. The van der Waals surface area contributed by atoms with E-state index in [4.69, 9.17) is 0 Å². The van der Waals surface area contributed by atoms with Crippen molar-refractivity contribution in [2.45, 2.75) is 26.1 Å². The van der Waals surface area contributed by atoms with Crippen molar-refractivity contribution in [2.75, 3.05) is 0 Å². The summed E-state index contributed by atoms with van der Waals surface area (Å²) in [6.07, 6.45) is 3.75. The first-order valence-electron chi connectivity index (χ1n) is 9.71. The molecular formula is C24H21BS2. The lowest BCUT2D eigenvalue weighted by molar-refractivity contribution is 0.878. The Morgan fingerprint density at radius 2 is 1.30 bits per heavy atom. The standard InChI is InChI=1S/C24H21BS2/c1-2-3-12-25-21-15-17(23-6-4-13-26-23)8-10-19(21)20-11-9-18(16-22(20)25)24-7-5-14-27-24/h4-11,13-16H,2-3,12H2,1H3. The Kier molecular flexibility index (Phi) is 4.51. The second-order valence-corrected chi connectivity index (χ2v) is 9.15. The Balaban J connectivity index is 1.63. The van der Waals surface area contributed by atoms with E-state index in [1.807, 2.05) is 22.7 Å². The van der Waals surface area contributed by atoms with Gasteiger partial charge in [0.1, 0.15) is 0 Å². The maximum Gasteiger partial charge on any atom is 0.210 e. The molecule has 0 nitrogen and oxygen atoms in total. The van der Waals surface area contributed by atoms with Crippen LogP contribution in [0, 0.1) is 0 Å². The molecule has 0 aliphatic carbocycles. The zero-order chi connectivity index (χ0) is 18.2. The van der Waals surface area contributed by atoms with Crippen molar-refractivity contribution in [3.8, 4) is 32.0 Å². The van der Waals surface area contributed by atoms with Crippen molar-refractivity contribution in [3.05, 3.63) is 71.4 Å². The Bertz CT molecular complexity index is 978. The van der Waals surface area contributed by atoms with Crippen LogP contribution in [0.25, 0.3) is 32.0 Å². The first-order chi connectivity index (χ1) is 13.3. The van der Waals surface area contributed by atoms with Crippen LogP contribution in [0.3, 0.4) is 0 Å². The molecule has 0 fully saturated rings. The Morgan fingerprint density at radius 1 is 0.741 bits per heavy atom. The van der Waals surface area contributed by atoms with Crippen LogP contribution in [-0.2, 0) is 0 Å². The highest BCUT2D eigenvalue weighted by molar-refractivity contribution is 7.13. The molecule has 1 aliphatic heterocycles. The van der Waals surface area contributed by atoms with Crippen molar-refractivity contribution in [1.29, 1.82) is 0 Å². The Labute approximate surface area is 169 Å². The quantitative estimate of drug-likeness (QED) is 0.343. The van der Waals surface area contributed by atoms with Gasteiger partial charge in [0, 0.05) is 9.75 Å². The van der Waals surface area contributed by atoms with Crippen LogP contribution in [0.15, 0.2) is 71.4 Å². The molecule has 5 rings (SSSR count). The van der Waals surface area contributed by atoms with Crippen molar-refractivity contribution in [3.63, 3.8) is 0 Å². The Morgan fingerprint density at radius 3 is 1.74 bits per heavy atom. The second kappa shape index (κ2) is 7.14. The number of fused-ring (bicyclic) bond motifs is 3. The van der Waals surface area contributed by atoms with Gasteiger partial charge in [-0.05, 0) is 45.1 Å². The van der Waals surface area contributed by atoms with Gasteiger partial charge in [0.25, 0.3) is 0 Å². The summed E-state index contributed by atoms with van der Waals surface area (Å²) in [6, 6.07) is 22.9. The highest BCUT2D eigenvalue weighted by atomic mass is 32.1. The first-order valence-corrected chi connectivity index (χ1v) is 11.5. The van der Waals surface area contributed by atoms with Gasteiger partial charge < -0.3 is 0 Å². The van der Waals surface area contributed by atoms with E-state index in [1.165, 1.54) is 62.1 Å². The molecule has 3 heteroatoms. The number of rotatable bonds is 5. The van der Waals surface area contributed by atoms with Gasteiger partial charge in [-0.1, -0.05) is 85.5 Å². The highest BCUT2D eigenvalue weighted by Gasteiger charge is 2.32. The van der Waals surface area contributed by atoms with E-state index in [9.17, 15) is 0 Å². The summed E-state index contributed by atoms with van der Waals surface area (Å²) in [4.78, 5) is 2.73. The molecule has 0 saturated carbocycles. The van der Waals surface area contributed by atoms with E-state index in [0.29, 0.717) is 6.71 Å². The molecule has 0 bridgehead atoms. The van der Waals surface area contributed by atoms with Gasteiger partial charge in [-0.15, -0.1) is 22.7 Å². The zero-order valence-electron chi connectivity index (χ0n) is 15.4. The van der Waals surface area contributed by atoms with E-state index < -0.39 is 0 Å². The molecule has 0 radical (unpaired) electrons. The van der Waals surface area contributed by atoms with Crippen LogP contribution in [0.2, 0.25) is 6.32 Å². The predicted molar refractivity (Wildman–Crippen MR) is 123 cm³/mol. The van der Waals surface area contributed by atoms with E-state index in [2.05, 4.69) is 78.3 Å². The van der Waals surface area contributed by atoms with Crippen LogP contribution in [0.4, 0.5) is 0 Å². The predicted octanol–water partition coefficient (Wildman–Crippen LogP) is 6.53. The lowest BCUT2D eigenvalue weighted by Crippen LogP contribution is -2.37. The third-order valence-corrected chi connectivity index (χ3v) is 7.44. The normalized spacial score (nSPS) is 12.3. The van der Waals surface area contributed by atoms with Crippen LogP contribution < -0.4 is 10.9 Å². The van der Waals surface area contributed by atoms with Gasteiger partial charge in [-0.3, -0.25) is 0 Å². The van der Waals surface area contributed by atoms with E-state index in [1.54, 1.807) is 0 Å². The van der Waals surface area contributed by atoms with Gasteiger partial charge in [-0.2, -0.15) is 0 Å². The summed E-state index contributed by atoms with van der Waals surface area (Å²) in [7, 11) is 0. The largest absolute Gasteiger partial charge is 0.210 e. The maximum absolute atomic E-state index is 2.45. The van der Waals surface area contributed by atoms with E-state index >= 15 is 0 Å². The van der Waals surface area contributed by atoms with E-state index in [0.717, 1.165) is 0 Å². The summed E-state index contributed by atoms with van der Waals surface area (Å²) in [5.41, 5.74) is 8.63. The molecular weight excluding hydrogens is 363 g/mol. The fourth-order valence-corrected chi connectivity index (χ4v) is 5.72. The highest BCUT2D eigenvalue weighted by Crippen LogP contribution is 2.33. The summed E-state index contributed by atoms with van der Waals surface area (Å²) >= 11 is 3.65. The molecule has 0 spiro atoms. The molecule has 132 valence electrons. The molecule has 0 N–H and O–H groups in total. The molecule has 2 aromatic carbocycles. The van der Waals surface area contributed by atoms with Gasteiger partial charge in [0.05, 0.1) is 0 Å². The SMILES string of the molecule is CCCCB1c2cc(-c3cccs3)ccc2-c2ccc(-c3cccs3)cc21.